The van der Waals surface area contributed by atoms with Crippen LogP contribution >= 0.6 is 0 Å². The highest BCUT2D eigenvalue weighted by atomic mass is 16.5. The number of carbonyl (C=O) groups is 2. The number of fused-ring (bicyclic) bond motifs is 1. The van der Waals surface area contributed by atoms with Gasteiger partial charge in [0.1, 0.15) is 11.8 Å². The highest BCUT2D eigenvalue weighted by Gasteiger charge is 2.23. The summed E-state index contributed by atoms with van der Waals surface area (Å²) in [5, 5.41) is 8.86. The Morgan fingerprint density at radius 3 is 2.69 bits per heavy atom. The SMILES string of the molecule is Cc1ccc(CNC(=O)C(C)Nc2ccc3c(c2)NC(=O)C(C)O3)cc1. The monoisotopic (exact) mass is 353 g/mol. The minimum Gasteiger partial charge on any atom is -0.479 e. The summed E-state index contributed by atoms with van der Waals surface area (Å²) in [5.41, 5.74) is 3.58. The molecule has 26 heavy (non-hydrogen) atoms. The molecule has 0 aliphatic carbocycles. The summed E-state index contributed by atoms with van der Waals surface area (Å²) in [6, 6.07) is 13.0. The second-order valence-corrected chi connectivity index (χ2v) is 6.53. The molecule has 0 bridgehead atoms. The van der Waals surface area contributed by atoms with Gasteiger partial charge in [0, 0.05) is 12.2 Å². The molecule has 1 aliphatic rings. The quantitative estimate of drug-likeness (QED) is 0.772. The van der Waals surface area contributed by atoms with Gasteiger partial charge in [0.25, 0.3) is 5.91 Å². The molecule has 6 heteroatoms. The van der Waals surface area contributed by atoms with Gasteiger partial charge in [0.2, 0.25) is 5.91 Å². The van der Waals surface area contributed by atoms with Crippen molar-refractivity contribution in [3.63, 3.8) is 0 Å². The van der Waals surface area contributed by atoms with E-state index >= 15 is 0 Å². The maximum Gasteiger partial charge on any atom is 0.265 e. The first-order valence-electron chi connectivity index (χ1n) is 8.64. The zero-order valence-electron chi connectivity index (χ0n) is 15.1. The van der Waals surface area contributed by atoms with Crippen molar-refractivity contribution in [3.05, 3.63) is 53.6 Å². The average Bonchev–Trinajstić information content (AvgIpc) is 2.62. The number of carbonyl (C=O) groups excluding carboxylic acids is 2. The van der Waals surface area contributed by atoms with Gasteiger partial charge in [-0.3, -0.25) is 9.59 Å². The van der Waals surface area contributed by atoms with Crippen LogP contribution in [0.3, 0.4) is 0 Å². The molecule has 0 saturated carbocycles. The molecule has 2 aromatic carbocycles. The van der Waals surface area contributed by atoms with Gasteiger partial charge in [-0.15, -0.1) is 0 Å². The fourth-order valence-corrected chi connectivity index (χ4v) is 2.66. The zero-order chi connectivity index (χ0) is 18.7. The van der Waals surface area contributed by atoms with E-state index < -0.39 is 12.1 Å². The summed E-state index contributed by atoms with van der Waals surface area (Å²) in [5.74, 6) is 0.342. The number of hydrogen-bond acceptors (Lipinski definition) is 4. The molecule has 1 heterocycles. The summed E-state index contributed by atoms with van der Waals surface area (Å²) >= 11 is 0. The van der Waals surface area contributed by atoms with Crippen LogP contribution < -0.4 is 20.7 Å². The molecular weight excluding hydrogens is 330 g/mol. The van der Waals surface area contributed by atoms with Crippen LogP contribution in [0.2, 0.25) is 0 Å². The van der Waals surface area contributed by atoms with Crippen LogP contribution in [-0.4, -0.2) is 24.0 Å². The van der Waals surface area contributed by atoms with E-state index in [1.807, 2.05) is 37.3 Å². The largest absolute Gasteiger partial charge is 0.479 e. The van der Waals surface area contributed by atoms with Crippen molar-refractivity contribution in [1.82, 2.24) is 5.32 Å². The Kier molecular flexibility index (Phi) is 5.11. The summed E-state index contributed by atoms with van der Waals surface area (Å²) in [7, 11) is 0. The van der Waals surface area contributed by atoms with Gasteiger partial charge in [-0.05, 0) is 44.5 Å². The van der Waals surface area contributed by atoms with Crippen LogP contribution in [-0.2, 0) is 16.1 Å². The maximum absolute atomic E-state index is 12.3. The fourth-order valence-electron chi connectivity index (χ4n) is 2.66. The Balaban J connectivity index is 1.58. The lowest BCUT2D eigenvalue weighted by atomic mass is 10.1. The average molecular weight is 353 g/mol. The number of hydrogen-bond donors (Lipinski definition) is 3. The minimum absolute atomic E-state index is 0.0998. The summed E-state index contributed by atoms with van der Waals surface area (Å²) in [4.78, 5) is 24.0. The van der Waals surface area contributed by atoms with E-state index in [4.69, 9.17) is 4.74 Å². The van der Waals surface area contributed by atoms with Crippen molar-refractivity contribution in [2.75, 3.05) is 10.6 Å². The molecule has 0 aromatic heterocycles. The summed E-state index contributed by atoms with van der Waals surface area (Å²) in [6.07, 6.45) is -0.507. The summed E-state index contributed by atoms with van der Waals surface area (Å²) in [6.45, 7) is 6.00. The fraction of sp³-hybridized carbons (Fsp3) is 0.300. The molecule has 2 unspecified atom stereocenters. The predicted molar refractivity (Wildman–Crippen MR) is 101 cm³/mol. The van der Waals surface area contributed by atoms with Crippen molar-refractivity contribution in [3.8, 4) is 5.75 Å². The molecule has 0 fully saturated rings. The Labute approximate surface area is 152 Å². The summed E-state index contributed by atoms with van der Waals surface area (Å²) < 4.78 is 5.53. The van der Waals surface area contributed by atoms with Crippen LogP contribution in [0.5, 0.6) is 5.75 Å². The van der Waals surface area contributed by atoms with E-state index in [0.29, 0.717) is 18.0 Å². The van der Waals surface area contributed by atoms with Crippen molar-refractivity contribution >= 4 is 23.2 Å². The molecule has 136 valence electrons. The second kappa shape index (κ2) is 7.47. The number of anilines is 2. The highest BCUT2D eigenvalue weighted by Crippen LogP contribution is 2.32. The number of aryl methyl sites for hydroxylation is 1. The molecule has 3 rings (SSSR count). The van der Waals surface area contributed by atoms with Gasteiger partial charge in [0.15, 0.2) is 6.10 Å². The van der Waals surface area contributed by atoms with Crippen molar-refractivity contribution < 1.29 is 14.3 Å². The standard InChI is InChI=1S/C20H23N3O3/c1-12-4-6-15(7-5-12)11-21-19(24)13(2)22-16-8-9-18-17(10-16)23-20(25)14(3)26-18/h4-10,13-14,22H,11H2,1-3H3,(H,21,24)(H,23,25). The predicted octanol–water partition coefficient (Wildman–Crippen LogP) is 2.83. The van der Waals surface area contributed by atoms with Gasteiger partial charge >= 0.3 is 0 Å². The van der Waals surface area contributed by atoms with Crippen LogP contribution in [0.25, 0.3) is 0 Å². The van der Waals surface area contributed by atoms with E-state index in [2.05, 4.69) is 16.0 Å². The van der Waals surface area contributed by atoms with Gasteiger partial charge < -0.3 is 20.7 Å². The number of amides is 2. The third-order valence-corrected chi connectivity index (χ3v) is 4.27. The van der Waals surface area contributed by atoms with E-state index in [-0.39, 0.29) is 11.8 Å². The normalized spacial score (nSPS) is 16.7. The Morgan fingerprint density at radius 2 is 1.96 bits per heavy atom. The van der Waals surface area contributed by atoms with Gasteiger partial charge in [-0.25, -0.2) is 0 Å². The highest BCUT2D eigenvalue weighted by molar-refractivity contribution is 5.98. The zero-order valence-corrected chi connectivity index (χ0v) is 15.1. The van der Waals surface area contributed by atoms with Crippen molar-refractivity contribution in [2.24, 2.45) is 0 Å². The first kappa shape index (κ1) is 17.8. The lowest BCUT2D eigenvalue weighted by Gasteiger charge is -2.24. The van der Waals surface area contributed by atoms with Gasteiger partial charge in [-0.1, -0.05) is 29.8 Å². The first-order chi connectivity index (χ1) is 12.4. The van der Waals surface area contributed by atoms with Gasteiger partial charge in [0.05, 0.1) is 5.69 Å². The number of nitrogens with one attached hydrogen (secondary N) is 3. The lowest BCUT2D eigenvalue weighted by molar-refractivity contribution is -0.123. The van der Waals surface area contributed by atoms with E-state index in [0.717, 1.165) is 11.3 Å². The Morgan fingerprint density at radius 1 is 1.23 bits per heavy atom. The topological polar surface area (TPSA) is 79.5 Å². The van der Waals surface area contributed by atoms with Crippen molar-refractivity contribution in [1.29, 1.82) is 0 Å². The minimum atomic E-state index is -0.507. The Bertz CT molecular complexity index is 818. The molecular formula is C20H23N3O3. The third kappa shape index (κ3) is 4.14. The van der Waals surface area contributed by atoms with Crippen LogP contribution in [0.15, 0.2) is 42.5 Å². The molecule has 0 saturated heterocycles. The smallest absolute Gasteiger partial charge is 0.265 e. The molecule has 2 atom stereocenters. The van der Waals surface area contributed by atoms with Crippen molar-refractivity contribution in [2.45, 2.75) is 39.5 Å². The van der Waals surface area contributed by atoms with E-state index in [1.165, 1.54) is 5.56 Å². The maximum atomic E-state index is 12.3. The first-order valence-corrected chi connectivity index (χ1v) is 8.64. The van der Waals surface area contributed by atoms with Gasteiger partial charge in [-0.2, -0.15) is 0 Å². The number of benzene rings is 2. The molecule has 1 aliphatic heterocycles. The molecule has 2 amide bonds. The number of rotatable bonds is 5. The molecule has 0 radical (unpaired) electrons. The second-order valence-electron chi connectivity index (χ2n) is 6.53. The van der Waals surface area contributed by atoms with E-state index in [1.54, 1.807) is 26.0 Å². The molecule has 2 aromatic rings. The lowest BCUT2D eigenvalue weighted by Crippen LogP contribution is -2.37. The van der Waals surface area contributed by atoms with E-state index in [9.17, 15) is 9.59 Å². The Hall–Kier alpha value is -3.02. The third-order valence-electron chi connectivity index (χ3n) is 4.27. The van der Waals surface area contributed by atoms with Crippen LogP contribution in [0.4, 0.5) is 11.4 Å². The van der Waals surface area contributed by atoms with Crippen LogP contribution in [0.1, 0.15) is 25.0 Å². The number of ether oxygens (including phenoxy) is 1. The molecule has 3 N–H and O–H groups in total. The molecule has 6 nitrogen and oxygen atoms in total. The molecule has 0 spiro atoms. The van der Waals surface area contributed by atoms with Crippen LogP contribution in [0, 0.1) is 6.92 Å².